The summed E-state index contributed by atoms with van der Waals surface area (Å²) < 4.78 is 2.78. The minimum absolute atomic E-state index is 0.138. The Kier molecular flexibility index (Phi) is 3.58. The Morgan fingerprint density at radius 3 is 2.85 bits per heavy atom. The van der Waals surface area contributed by atoms with Crippen LogP contribution < -0.4 is 11.1 Å². The number of halogens is 1. The molecule has 1 aliphatic heterocycles. The molecule has 104 valence electrons. The third-order valence-corrected chi connectivity index (χ3v) is 3.96. The number of nitrogens with one attached hydrogen (secondary N) is 1. The number of hydrogen-bond donors (Lipinski definition) is 2. The van der Waals surface area contributed by atoms with Gasteiger partial charge in [0.15, 0.2) is 0 Å². The van der Waals surface area contributed by atoms with Crippen molar-refractivity contribution in [2.45, 2.75) is 19.5 Å². The van der Waals surface area contributed by atoms with Crippen molar-refractivity contribution in [2.75, 3.05) is 6.54 Å². The number of benzene rings is 1. The van der Waals surface area contributed by atoms with Crippen LogP contribution in [0.3, 0.4) is 0 Å². The number of primary amides is 1. The number of nitrogens with two attached hydrogens (primary N) is 1. The molecule has 1 aromatic heterocycles. The van der Waals surface area contributed by atoms with E-state index < -0.39 is 0 Å². The predicted octanol–water partition coefficient (Wildman–Crippen LogP) is 1.44. The molecule has 0 atom stereocenters. The molecule has 1 aromatic carbocycles. The van der Waals surface area contributed by atoms with Gasteiger partial charge in [-0.1, -0.05) is 28.1 Å². The minimum atomic E-state index is -0.365. The smallest absolute Gasteiger partial charge is 0.239 e. The second kappa shape index (κ2) is 5.38. The van der Waals surface area contributed by atoms with Gasteiger partial charge in [-0.25, -0.2) is 0 Å². The van der Waals surface area contributed by atoms with Gasteiger partial charge in [0.2, 0.25) is 5.91 Å². The first-order valence-electron chi connectivity index (χ1n) is 6.48. The van der Waals surface area contributed by atoms with Crippen molar-refractivity contribution in [1.82, 2.24) is 15.1 Å². The topological polar surface area (TPSA) is 72.9 Å². The van der Waals surface area contributed by atoms with E-state index in [9.17, 15) is 4.79 Å². The van der Waals surface area contributed by atoms with E-state index in [1.165, 1.54) is 5.56 Å². The average Bonchev–Trinajstić information content (AvgIpc) is 2.78. The second-order valence-corrected chi connectivity index (χ2v) is 5.75. The zero-order valence-corrected chi connectivity index (χ0v) is 12.5. The standard InChI is InChI=1S/C14H15BrN4O/c15-10-3-1-9(2-4-10)14-11-7-17-6-5-12(11)19(18-14)8-13(16)20/h1-4,17H,5-8H2,(H2,16,20). The molecule has 0 saturated carbocycles. The molecule has 3 rings (SSSR count). The lowest BCUT2D eigenvalue weighted by molar-refractivity contribution is -0.118. The van der Waals surface area contributed by atoms with Crippen LogP contribution in [0, 0.1) is 0 Å². The van der Waals surface area contributed by atoms with E-state index in [0.717, 1.165) is 40.9 Å². The Morgan fingerprint density at radius 2 is 2.15 bits per heavy atom. The van der Waals surface area contributed by atoms with Crippen LogP contribution in [0.15, 0.2) is 28.7 Å². The zero-order valence-electron chi connectivity index (χ0n) is 10.9. The monoisotopic (exact) mass is 334 g/mol. The molecule has 0 bridgehead atoms. The molecule has 1 aliphatic rings. The Bertz CT molecular complexity index is 648. The Labute approximate surface area is 125 Å². The van der Waals surface area contributed by atoms with Crippen LogP contribution in [-0.4, -0.2) is 22.2 Å². The van der Waals surface area contributed by atoms with Crippen molar-refractivity contribution in [3.05, 3.63) is 40.0 Å². The van der Waals surface area contributed by atoms with Crippen molar-refractivity contribution < 1.29 is 4.79 Å². The van der Waals surface area contributed by atoms with Gasteiger partial charge in [0, 0.05) is 40.8 Å². The van der Waals surface area contributed by atoms with Crippen molar-refractivity contribution in [1.29, 1.82) is 0 Å². The molecule has 0 spiro atoms. The van der Waals surface area contributed by atoms with Gasteiger partial charge in [0.25, 0.3) is 0 Å². The maximum Gasteiger partial charge on any atom is 0.239 e. The van der Waals surface area contributed by atoms with Gasteiger partial charge >= 0.3 is 0 Å². The predicted molar refractivity (Wildman–Crippen MR) is 80.0 cm³/mol. The van der Waals surface area contributed by atoms with Gasteiger partial charge in [-0.15, -0.1) is 0 Å². The fourth-order valence-electron chi connectivity index (χ4n) is 2.54. The van der Waals surface area contributed by atoms with Gasteiger partial charge in [-0.2, -0.15) is 5.10 Å². The molecule has 0 radical (unpaired) electrons. The summed E-state index contributed by atoms with van der Waals surface area (Å²) in [6.45, 7) is 1.82. The molecule has 0 unspecified atom stereocenters. The average molecular weight is 335 g/mol. The summed E-state index contributed by atoms with van der Waals surface area (Å²) in [5, 5.41) is 7.94. The zero-order chi connectivity index (χ0) is 14.1. The number of fused-ring (bicyclic) bond motifs is 1. The van der Waals surface area contributed by atoms with Crippen LogP contribution in [0.5, 0.6) is 0 Å². The van der Waals surface area contributed by atoms with Crippen molar-refractivity contribution in [3.63, 3.8) is 0 Å². The first-order chi connectivity index (χ1) is 9.65. The summed E-state index contributed by atoms with van der Waals surface area (Å²) in [6.07, 6.45) is 0.867. The van der Waals surface area contributed by atoms with Gasteiger partial charge in [-0.05, 0) is 12.1 Å². The minimum Gasteiger partial charge on any atom is -0.368 e. The molecule has 6 heteroatoms. The number of nitrogens with zero attached hydrogens (tertiary/aromatic N) is 2. The molecular weight excluding hydrogens is 320 g/mol. The number of carbonyl (C=O) groups is 1. The van der Waals surface area contributed by atoms with Gasteiger partial charge in [0.1, 0.15) is 6.54 Å². The summed E-state index contributed by atoms with van der Waals surface area (Å²) in [6, 6.07) is 8.03. The van der Waals surface area contributed by atoms with Crippen molar-refractivity contribution in [3.8, 4) is 11.3 Å². The first-order valence-corrected chi connectivity index (χ1v) is 7.28. The third-order valence-electron chi connectivity index (χ3n) is 3.43. The maximum atomic E-state index is 11.2. The molecule has 2 aromatic rings. The highest BCUT2D eigenvalue weighted by Gasteiger charge is 2.22. The third kappa shape index (κ3) is 2.48. The Balaban J connectivity index is 2.08. The van der Waals surface area contributed by atoms with E-state index in [1.54, 1.807) is 4.68 Å². The van der Waals surface area contributed by atoms with E-state index in [0.29, 0.717) is 0 Å². The van der Waals surface area contributed by atoms with E-state index >= 15 is 0 Å². The van der Waals surface area contributed by atoms with Crippen LogP contribution in [0.4, 0.5) is 0 Å². The highest BCUT2D eigenvalue weighted by Crippen LogP contribution is 2.28. The summed E-state index contributed by atoms with van der Waals surface area (Å²) in [5.41, 5.74) is 9.57. The molecule has 0 saturated heterocycles. The van der Waals surface area contributed by atoms with Crippen molar-refractivity contribution >= 4 is 21.8 Å². The lowest BCUT2D eigenvalue weighted by atomic mass is 10.0. The SMILES string of the molecule is NC(=O)Cn1nc(-c2ccc(Br)cc2)c2c1CCNC2. The van der Waals surface area contributed by atoms with Crippen LogP contribution in [0.25, 0.3) is 11.3 Å². The van der Waals surface area contributed by atoms with E-state index in [1.807, 2.05) is 24.3 Å². The summed E-state index contributed by atoms with van der Waals surface area (Å²) in [7, 11) is 0. The summed E-state index contributed by atoms with van der Waals surface area (Å²) in [5.74, 6) is -0.365. The quantitative estimate of drug-likeness (QED) is 0.892. The Morgan fingerprint density at radius 1 is 1.40 bits per heavy atom. The normalized spacial score (nSPS) is 14.1. The van der Waals surface area contributed by atoms with E-state index in [-0.39, 0.29) is 12.5 Å². The molecule has 5 nitrogen and oxygen atoms in total. The first kappa shape index (κ1) is 13.3. The fraction of sp³-hybridized carbons (Fsp3) is 0.286. The number of amides is 1. The maximum absolute atomic E-state index is 11.2. The summed E-state index contributed by atoms with van der Waals surface area (Å²) in [4.78, 5) is 11.2. The Hall–Kier alpha value is -1.66. The van der Waals surface area contributed by atoms with E-state index in [2.05, 4.69) is 26.3 Å². The molecule has 0 aliphatic carbocycles. The number of rotatable bonds is 3. The van der Waals surface area contributed by atoms with Gasteiger partial charge < -0.3 is 11.1 Å². The number of aromatic nitrogens is 2. The molecular formula is C14H15BrN4O. The lowest BCUT2D eigenvalue weighted by Crippen LogP contribution is -2.27. The number of hydrogen-bond acceptors (Lipinski definition) is 3. The summed E-state index contributed by atoms with van der Waals surface area (Å²) >= 11 is 3.43. The van der Waals surface area contributed by atoms with Crippen LogP contribution in [-0.2, 0) is 24.3 Å². The highest BCUT2D eigenvalue weighted by molar-refractivity contribution is 9.10. The molecule has 20 heavy (non-hydrogen) atoms. The molecule has 3 N–H and O–H groups in total. The largest absolute Gasteiger partial charge is 0.368 e. The molecule has 2 heterocycles. The van der Waals surface area contributed by atoms with Crippen LogP contribution >= 0.6 is 15.9 Å². The van der Waals surface area contributed by atoms with Crippen molar-refractivity contribution in [2.24, 2.45) is 5.73 Å². The van der Waals surface area contributed by atoms with Crippen LogP contribution in [0.1, 0.15) is 11.3 Å². The highest BCUT2D eigenvalue weighted by atomic mass is 79.9. The number of carbonyl (C=O) groups excluding carboxylic acids is 1. The van der Waals surface area contributed by atoms with E-state index in [4.69, 9.17) is 5.73 Å². The van der Waals surface area contributed by atoms with Gasteiger partial charge in [-0.3, -0.25) is 9.48 Å². The lowest BCUT2D eigenvalue weighted by Gasteiger charge is -2.15. The van der Waals surface area contributed by atoms with Gasteiger partial charge in [0.05, 0.1) is 5.69 Å². The molecule has 0 fully saturated rings. The molecule has 1 amide bonds. The fourth-order valence-corrected chi connectivity index (χ4v) is 2.80. The van der Waals surface area contributed by atoms with Crippen LogP contribution in [0.2, 0.25) is 0 Å². The second-order valence-electron chi connectivity index (χ2n) is 4.83.